The van der Waals surface area contributed by atoms with Crippen molar-refractivity contribution in [2.45, 2.75) is 13.8 Å². The maximum atomic E-state index is 12.6. The van der Waals surface area contributed by atoms with Crippen molar-refractivity contribution in [2.75, 3.05) is 31.0 Å². The van der Waals surface area contributed by atoms with Crippen molar-refractivity contribution >= 4 is 29.3 Å². The number of methoxy groups -OCH3 is 1. The lowest BCUT2D eigenvalue weighted by Gasteiger charge is -2.12. The number of hydrogen-bond acceptors (Lipinski definition) is 6. The monoisotopic (exact) mass is 485 g/mol. The number of carbonyl (C=O) groups excluding carboxylic acids is 2. The number of nitrogens with one attached hydrogen (secondary N) is 2. The van der Waals surface area contributed by atoms with Crippen molar-refractivity contribution in [3.05, 3.63) is 83.4 Å². The molecule has 184 valence electrons. The second-order valence-corrected chi connectivity index (χ2v) is 7.70. The summed E-state index contributed by atoms with van der Waals surface area (Å²) < 4.78 is 16.4. The Morgan fingerprint density at radius 2 is 1.72 bits per heavy atom. The van der Waals surface area contributed by atoms with Crippen LogP contribution in [-0.2, 0) is 9.59 Å². The first-order chi connectivity index (χ1) is 17.4. The molecule has 36 heavy (non-hydrogen) atoms. The fraction of sp³-hybridized carbons (Fsp3) is 0.179. The van der Waals surface area contributed by atoms with Crippen molar-refractivity contribution in [3.8, 4) is 23.3 Å². The second-order valence-electron chi connectivity index (χ2n) is 7.70. The van der Waals surface area contributed by atoms with Gasteiger partial charge in [0, 0.05) is 11.4 Å². The average molecular weight is 486 g/mol. The number of anilines is 2. The van der Waals surface area contributed by atoms with Crippen LogP contribution in [0.4, 0.5) is 11.4 Å². The van der Waals surface area contributed by atoms with Gasteiger partial charge in [-0.1, -0.05) is 18.2 Å². The quantitative estimate of drug-likeness (QED) is 0.310. The van der Waals surface area contributed by atoms with Crippen LogP contribution in [0.15, 0.2) is 72.3 Å². The predicted molar refractivity (Wildman–Crippen MR) is 138 cm³/mol. The van der Waals surface area contributed by atoms with Crippen LogP contribution >= 0.6 is 0 Å². The summed E-state index contributed by atoms with van der Waals surface area (Å²) in [6, 6.07) is 21.1. The maximum Gasteiger partial charge on any atom is 0.266 e. The molecule has 8 heteroatoms. The summed E-state index contributed by atoms with van der Waals surface area (Å²) in [6.45, 7) is 4.15. The molecule has 0 spiro atoms. The Hall–Kier alpha value is -4.77. The van der Waals surface area contributed by atoms with Crippen molar-refractivity contribution < 1.29 is 23.8 Å². The van der Waals surface area contributed by atoms with E-state index in [4.69, 9.17) is 14.2 Å². The van der Waals surface area contributed by atoms with E-state index in [2.05, 4.69) is 10.6 Å². The standard InChI is InChI=1S/C28H27N3O5/c1-4-35-24-11-9-22(10-12-24)31-28(33)21(17-29)15-20-8-13-25(26(16-20)34-3)36-18-27(32)30-23-7-5-6-19(2)14-23/h5-16H,4,18H2,1-3H3,(H,30,32)(H,31,33)/b21-15-. The zero-order valence-electron chi connectivity index (χ0n) is 20.3. The number of amides is 2. The first-order valence-electron chi connectivity index (χ1n) is 11.2. The number of rotatable bonds is 10. The summed E-state index contributed by atoms with van der Waals surface area (Å²) in [7, 11) is 1.46. The molecule has 0 atom stereocenters. The zero-order chi connectivity index (χ0) is 25.9. The van der Waals surface area contributed by atoms with E-state index in [-0.39, 0.29) is 18.1 Å². The van der Waals surface area contributed by atoms with Crippen LogP contribution < -0.4 is 24.8 Å². The zero-order valence-corrected chi connectivity index (χ0v) is 20.3. The van der Waals surface area contributed by atoms with Gasteiger partial charge in [-0.2, -0.15) is 5.26 Å². The Kier molecular flexibility index (Phi) is 9.06. The Morgan fingerprint density at radius 3 is 2.39 bits per heavy atom. The number of hydrogen-bond donors (Lipinski definition) is 2. The third-order valence-electron chi connectivity index (χ3n) is 4.95. The minimum atomic E-state index is -0.547. The summed E-state index contributed by atoms with van der Waals surface area (Å²) in [4.78, 5) is 24.8. The first kappa shape index (κ1) is 25.8. The predicted octanol–water partition coefficient (Wildman–Crippen LogP) is 4.97. The lowest BCUT2D eigenvalue weighted by atomic mass is 10.1. The van der Waals surface area contributed by atoms with Gasteiger partial charge < -0.3 is 24.8 Å². The van der Waals surface area contributed by atoms with Crippen molar-refractivity contribution in [1.82, 2.24) is 0 Å². The molecule has 0 aliphatic carbocycles. The highest BCUT2D eigenvalue weighted by molar-refractivity contribution is 6.09. The van der Waals surface area contributed by atoms with E-state index in [0.717, 1.165) is 5.56 Å². The van der Waals surface area contributed by atoms with Crippen LogP contribution in [0.1, 0.15) is 18.1 Å². The molecule has 0 radical (unpaired) electrons. The molecule has 0 unspecified atom stereocenters. The van der Waals surface area contributed by atoms with Crippen LogP contribution in [0.25, 0.3) is 6.08 Å². The molecule has 3 aromatic carbocycles. The van der Waals surface area contributed by atoms with Crippen molar-refractivity contribution in [1.29, 1.82) is 5.26 Å². The molecule has 3 rings (SSSR count). The highest BCUT2D eigenvalue weighted by Gasteiger charge is 2.12. The van der Waals surface area contributed by atoms with Gasteiger partial charge in [-0.25, -0.2) is 0 Å². The summed E-state index contributed by atoms with van der Waals surface area (Å²) in [5.41, 5.74) is 2.72. The van der Waals surface area contributed by atoms with Gasteiger partial charge in [0.15, 0.2) is 18.1 Å². The average Bonchev–Trinajstić information content (AvgIpc) is 2.87. The molecule has 3 aromatic rings. The minimum Gasteiger partial charge on any atom is -0.494 e. The third-order valence-corrected chi connectivity index (χ3v) is 4.95. The largest absolute Gasteiger partial charge is 0.494 e. The van der Waals surface area contributed by atoms with Gasteiger partial charge in [0.2, 0.25) is 0 Å². The lowest BCUT2D eigenvalue weighted by molar-refractivity contribution is -0.118. The number of nitrogens with zero attached hydrogens (tertiary/aromatic N) is 1. The van der Waals surface area contributed by atoms with Crippen LogP contribution in [0.3, 0.4) is 0 Å². The fourth-order valence-corrected chi connectivity index (χ4v) is 3.27. The van der Waals surface area contributed by atoms with E-state index in [1.807, 2.05) is 38.1 Å². The number of ether oxygens (including phenoxy) is 3. The number of benzene rings is 3. The van der Waals surface area contributed by atoms with Gasteiger partial charge in [0.05, 0.1) is 13.7 Å². The van der Waals surface area contributed by atoms with E-state index in [9.17, 15) is 14.9 Å². The van der Waals surface area contributed by atoms with E-state index in [1.165, 1.54) is 13.2 Å². The maximum absolute atomic E-state index is 12.6. The normalized spacial score (nSPS) is 10.7. The Morgan fingerprint density at radius 1 is 0.944 bits per heavy atom. The van der Waals surface area contributed by atoms with Gasteiger partial charge >= 0.3 is 0 Å². The number of nitriles is 1. The molecule has 2 N–H and O–H groups in total. The summed E-state index contributed by atoms with van der Waals surface area (Å²) >= 11 is 0. The number of aryl methyl sites for hydroxylation is 1. The summed E-state index contributed by atoms with van der Waals surface area (Å²) in [5, 5.41) is 15.0. The third kappa shape index (κ3) is 7.37. The Balaban J connectivity index is 1.65. The van der Waals surface area contributed by atoms with Gasteiger partial charge in [-0.05, 0) is 79.6 Å². The molecule has 0 aromatic heterocycles. The van der Waals surface area contributed by atoms with Gasteiger partial charge in [-0.3, -0.25) is 9.59 Å². The summed E-state index contributed by atoms with van der Waals surface area (Å²) in [5.74, 6) is 0.537. The molecule has 8 nitrogen and oxygen atoms in total. The molecule has 0 aliphatic rings. The minimum absolute atomic E-state index is 0.0860. The molecular formula is C28H27N3O5. The van der Waals surface area contributed by atoms with Crippen LogP contribution in [0.5, 0.6) is 17.2 Å². The molecule has 0 heterocycles. The molecule has 0 bridgehead atoms. The van der Waals surface area contributed by atoms with Crippen molar-refractivity contribution in [2.24, 2.45) is 0 Å². The molecule has 0 saturated carbocycles. The smallest absolute Gasteiger partial charge is 0.266 e. The van der Waals surface area contributed by atoms with Crippen LogP contribution in [0.2, 0.25) is 0 Å². The molecule has 0 aliphatic heterocycles. The van der Waals surface area contributed by atoms with E-state index >= 15 is 0 Å². The molecular weight excluding hydrogens is 458 g/mol. The Bertz CT molecular complexity index is 1290. The van der Waals surface area contributed by atoms with Gasteiger partial charge in [0.25, 0.3) is 11.8 Å². The van der Waals surface area contributed by atoms with E-state index < -0.39 is 5.91 Å². The lowest BCUT2D eigenvalue weighted by Crippen LogP contribution is -2.20. The van der Waals surface area contributed by atoms with E-state index in [0.29, 0.717) is 40.8 Å². The Labute approximate surface area is 210 Å². The highest BCUT2D eigenvalue weighted by atomic mass is 16.5. The summed E-state index contributed by atoms with van der Waals surface area (Å²) in [6.07, 6.45) is 1.45. The SMILES string of the molecule is CCOc1ccc(NC(=O)/C(C#N)=C\c2ccc(OCC(=O)Nc3cccc(C)c3)c(OC)c2)cc1. The highest BCUT2D eigenvalue weighted by Crippen LogP contribution is 2.29. The van der Waals surface area contributed by atoms with Crippen LogP contribution in [-0.4, -0.2) is 32.1 Å². The molecule has 0 saturated heterocycles. The fourth-order valence-electron chi connectivity index (χ4n) is 3.27. The molecule has 0 fully saturated rings. The first-order valence-corrected chi connectivity index (χ1v) is 11.2. The number of carbonyl (C=O) groups is 2. The topological polar surface area (TPSA) is 110 Å². The van der Waals surface area contributed by atoms with Crippen LogP contribution in [0, 0.1) is 18.3 Å². The van der Waals surface area contributed by atoms with Crippen molar-refractivity contribution in [3.63, 3.8) is 0 Å². The van der Waals surface area contributed by atoms with Gasteiger partial charge in [0.1, 0.15) is 17.4 Å². The van der Waals surface area contributed by atoms with E-state index in [1.54, 1.807) is 48.5 Å². The second kappa shape index (κ2) is 12.6. The van der Waals surface area contributed by atoms with Gasteiger partial charge in [-0.15, -0.1) is 0 Å². The molecule has 2 amide bonds.